The summed E-state index contributed by atoms with van der Waals surface area (Å²) in [5.41, 5.74) is 1.21. The number of hydrogen-bond donors (Lipinski definition) is 0. The Kier molecular flexibility index (Phi) is 5.95. The van der Waals surface area contributed by atoms with E-state index in [-0.39, 0.29) is 24.7 Å². The van der Waals surface area contributed by atoms with E-state index in [1.54, 1.807) is 24.3 Å². The van der Waals surface area contributed by atoms with Crippen molar-refractivity contribution >= 4 is 17.5 Å². The fourth-order valence-corrected chi connectivity index (χ4v) is 3.05. The third kappa shape index (κ3) is 4.97. The maximum Gasteiger partial charge on any atom is 0.260 e. The van der Waals surface area contributed by atoms with Crippen LogP contribution in [-0.4, -0.2) is 42.7 Å². The second-order valence-corrected chi connectivity index (χ2v) is 6.72. The summed E-state index contributed by atoms with van der Waals surface area (Å²) >= 11 is 5.85. The smallest absolute Gasteiger partial charge is 0.260 e. The number of halogens is 1. The molecule has 0 aromatic heterocycles. The first-order valence-corrected chi connectivity index (χ1v) is 8.83. The molecule has 5 heteroatoms. The van der Waals surface area contributed by atoms with Gasteiger partial charge in [-0.05, 0) is 36.8 Å². The standard InChI is InChI=1S/C20H22ClNO3/c1-15-13-24-19(11-16-5-3-2-4-6-16)12-22(15)20(23)14-25-18-9-7-17(21)8-10-18/h2-10,15,19H,11-14H2,1H3. The normalized spacial score (nSPS) is 20.3. The molecule has 2 unspecified atom stereocenters. The Morgan fingerprint density at radius 1 is 1.20 bits per heavy atom. The lowest BCUT2D eigenvalue weighted by molar-refractivity contribution is -0.146. The molecule has 2 aromatic rings. The van der Waals surface area contributed by atoms with Crippen LogP contribution < -0.4 is 4.74 Å². The van der Waals surface area contributed by atoms with E-state index in [9.17, 15) is 4.79 Å². The van der Waals surface area contributed by atoms with E-state index in [2.05, 4.69) is 12.1 Å². The van der Waals surface area contributed by atoms with Gasteiger partial charge < -0.3 is 14.4 Å². The van der Waals surface area contributed by atoms with Gasteiger partial charge in [-0.3, -0.25) is 4.79 Å². The van der Waals surface area contributed by atoms with E-state index < -0.39 is 0 Å². The van der Waals surface area contributed by atoms with Crippen LogP contribution in [0.5, 0.6) is 5.75 Å². The van der Waals surface area contributed by atoms with Crippen LogP contribution in [0.2, 0.25) is 5.02 Å². The summed E-state index contributed by atoms with van der Waals surface area (Å²) in [5, 5.41) is 0.643. The molecule has 2 atom stereocenters. The van der Waals surface area contributed by atoms with Crippen LogP contribution in [-0.2, 0) is 16.0 Å². The fraction of sp³-hybridized carbons (Fsp3) is 0.350. The molecular weight excluding hydrogens is 338 g/mol. The number of rotatable bonds is 5. The van der Waals surface area contributed by atoms with Gasteiger partial charge in [-0.2, -0.15) is 0 Å². The minimum atomic E-state index is -0.0242. The van der Waals surface area contributed by atoms with Crippen molar-refractivity contribution in [3.8, 4) is 5.75 Å². The predicted octanol–water partition coefficient (Wildman–Crippen LogP) is 3.58. The minimum absolute atomic E-state index is 0.0121. The van der Waals surface area contributed by atoms with Crippen LogP contribution in [0.1, 0.15) is 12.5 Å². The largest absolute Gasteiger partial charge is 0.484 e. The molecule has 0 saturated carbocycles. The number of amides is 1. The summed E-state index contributed by atoms with van der Waals surface area (Å²) in [7, 11) is 0. The van der Waals surface area contributed by atoms with E-state index in [0.717, 1.165) is 6.42 Å². The molecule has 25 heavy (non-hydrogen) atoms. The summed E-state index contributed by atoms with van der Waals surface area (Å²) in [5.74, 6) is 0.614. The molecule has 2 aromatic carbocycles. The summed E-state index contributed by atoms with van der Waals surface area (Å²) in [6, 6.07) is 17.3. The lowest BCUT2D eigenvalue weighted by atomic mass is 10.1. The topological polar surface area (TPSA) is 38.8 Å². The quantitative estimate of drug-likeness (QED) is 0.819. The van der Waals surface area contributed by atoms with Crippen LogP contribution in [0.4, 0.5) is 0 Å². The van der Waals surface area contributed by atoms with Crippen molar-refractivity contribution < 1.29 is 14.3 Å². The van der Waals surface area contributed by atoms with Crippen LogP contribution in [0.3, 0.4) is 0 Å². The monoisotopic (exact) mass is 359 g/mol. The lowest BCUT2D eigenvalue weighted by Gasteiger charge is -2.38. The lowest BCUT2D eigenvalue weighted by Crippen LogP contribution is -2.52. The highest BCUT2D eigenvalue weighted by atomic mass is 35.5. The van der Waals surface area contributed by atoms with E-state index in [4.69, 9.17) is 21.1 Å². The zero-order chi connectivity index (χ0) is 17.6. The molecule has 1 fully saturated rings. The molecule has 1 aliphatic heterocycles. The van der Waals surface area contributed by atoms with Gasteiger partial charge >= 0.3 is 0 Å². The van der Waals surface area contributed by atoms with E-state index in [1.165, 1.54) is 5.56 Å². The highest BCUT2D eigenvalue weighted by Gasteiger charge is 2.29. The second-order valence-electron chi connectivity index (χ2n) is 6.28. The zero-order valence-corrected chi connectivity index (χ0v) is 15.0. The maximum absolute atomic E-state index is 12.6. The van der Waals surface area contributed by atoms with Gasteiger partial charge in [-0.15, -0.1) is 0 Å². The Morgan fingerprint density at radius 3 is 2.64 bits per heavy atom. The highest BCUT2D eigenvalue weighted by Crippen LogP contribution is 2.18. The fourth-order valence-electron chi connectivity index (χ4n) is 2.92. The van der Waals surface area contributed by atoms with Crippen molar-refractivity contribution in [1.82, 2.24) is 4.90 Å². The number of carbonyl (C=O) groups excluding carboxylic acids is 1. The first-order valence-electron chi connectivity index (χ1n) is 8.45. The van der Waals surface area contributed by atoms with Gasteiger partial charge in [-0.25, -0.2) is 0 Å². The first-order chi connectivity index (χ1) is 12.1. The molecule has 1 heterocycles. The maximum atomic E-state index is 12.6. The van der Waals surface area contributed by atoms with Gasteiger partial charge in [-0.1, -0.05) is 41.9 Å². The van der Waals surface area contributed by atoms with Crippen molar-refractivity contribution in [3.63, 3.8) is 0 Å². The van der Waals surface area contributed by atoms with E-state index in [1.807, 2.05) is 30.0 Å². The number of benzene rings is 2. The van der Waals surface area contributed by atoms with Crippen molar-refractivity contribution in [1.29, 1.82) is 0 Å². The van der Waals surface area contributed by atoms with Gasteiger partial charge in [0.05, 0.1) is 18.8 Å². The molecule has 132 valence electrons. The molecule has 3 rings (SSSR count). The number of morpholine rings is 1. The Hall–Kier alpha value is -2.04. The Balaban J connectivity index is 1.55. The van der Waals surface area contributed by atoms with Gasteiger partial charge in [0, 0.05) is 18.0 Å². The van der Waals surface area contributed by atoms with Crippen LogP contribution >= 0.6 is 11.6 Å². The van der Waals surface area contributed by atoms with Gasteiger partial charge in [0.1, 0.15) is 5.75 Å². The van der Waals surface area contributed by atoms with Crippen LogP contribution in [0, 0.1) is 0 Å². The summed E-state index contributed by atoms with van der Waals surface area (Å²) in [6.07, 6.45) is 0.813. The molecular formula is C20H22ClNO3. The SMILES string of the molecule is CC1COC(Cc2ccccc2)CN1C(=O)COc1ccc(Cl)cc1. The van der Waals surface area contributed by atoms with Gasteiger partial charge in [0.2, 0.25) is 0 Å². The van der Waals surface area contributed by atoms with Crippen LogP contribution in [0.15, 0.2) is 54.6 Å². The third-order valence-corrected chi connectivity index (χ3v) is 4.56. The second kappa shape index (κ2) is 8.37. The third-order valence-electron chi connectivity index (χ3n) is 4.31. The Labute approximate surface area is 153 Å². The molecule has 0 bridgehead atoms. The van der Waals surface area contributed by atoms with Crippen molar-refractivity contribution in [3.05, 3.63) is 65.2 Å². The zero-order valence-electron chi connectivity index (χ0n) is 14.2. The molecule has 0 spiro atoms. The summed E-state index contributed by atoms with van der Waals surface area (Å²) in [4.78, 5) is 14.4. The molecule has 0 N–H and O–H groups in total. The number of nitrogens with zero attached hydrogens (tertiary/aromatic N) is 1. The minimum Gasteiger partial charge on any atom is -0.484 e. The van der Waals surface area contributed by atoms with E-state index >= 15 is 0 Å². The van der Waals surface area contributed by atoms with Gasteiger partial charge in [0.15, 0.2) is 6.61 Å². The summed E-state index contributed by atoms with van der Waals surface area (Å²) < 4.78 is 11.5. The van der Waals surface area contributed by atoms with Crippen molar-refractivity contribution in [2.75, 3.05) is 19.8 Å². The first kappa shape index (κ1) is 17.8. The Bertz CT molecular complexity index is 690. The molecule has 4 nitrogen and oxygen atoms in total. The molecule has 1 saturated heterocycles. The summed E-state index contributed by atoms with van der Waals surface area (Å²) in [6.45, 7) is 3.14. The molecule has 1 aliphatic rings. The average Bonchev–Trinajstić information content (AvgIpc) is 2.63. The molecule has 1 amide bonds. The molecule has 0 radical (unpaired) electrons. The highest BCUT2D eigenvalue weighted by molar-refractivity contribution is 6.30. The average molecular weight is 360 g/mol. The number of ether oxygens (including phenoxy) is 2. The number of hydrogen-bond acceptors (Lipinski definition) is 3. The Morgan fingerprint density at radius 2 is 1.92 bits per heavy atom. The van der Waals surface area contributed by atoms with Gasteiger partial charge in [0.25, 0.3) is 5.91 Å². The van der Waals surface area contributed by atoms with Crippen LogP contribution in [0.25, 0.3) is 0 Å². The predicted molar refractivity (Wildman–Crippen MR) is 98.0 cm³/mol. The van der Waals surface area contributed by atoms with E-state index in [0.29, 0.717) is 23.9 Å². The van der Waals surface area contributed by atoms with Crippen molar-refractivity contribution in [2.45, 2.75) is 25.5 Å². The number of carbonyl (C=O) groups is 1. The molecule has 0 aliphatic carbocycles. The van der Waals surface area contributed by atoms with Crippen molar-refractivity contribution in [2.24, 2.45) is 0 Å².